The first kappa shape index (κ1) is 18.0. The van der Waals surface area contributed by atoms with Gasteiger partial charge in [-0.25, -0.2) is 9.37 Å². The van der Waals surface area contributed by atoms with Crippen molar-refractivity contribution in [3.8, 4) is 22.8 Å². The van der Waals surface area contributed by atoms with Gasteiger partial charge in [-0.1, -0.05) is 0 Å². The Hall–Kier alpha value is -3.43. The molecule has 3 aromatic heterocycles. The summed E-state index contributed by atoms with van der Waals surface area (Å²) < 4.78 is 48.1. The van der Waals surface area contributed by atoms with Gasteiger partial charge in [-0.3, -0.25) is 4.68 Å². The molecule has 1 aromatic carbocycles. The third-order valence-electron chi connectivity index (χ3n) is 4.18. The molecule has 0 bridgehead atoms. The quantitative estimate of drug-likeness (QED) is 0.520. The molecule has 0 amide bonds. The first-order valence-corrected chi connectivity index (χ1v) is 8.34. The van der Waals surface area contributed by atoms with Crippen LogP contribution >= 0.6 is 0 Å². The summed E-state index contributed by atoms with van der Waals surface area (Å²) in [6, 6.07) is 5.97. The Bertz CT molecular complexity index is 1130. The van der Waals surface area contributed by atoms with Gasteiger partial charge >= 0.3 is 6.43 Å². The van der Waals surface area contributed by atoms with Gasteiger partial charge in [-0.2, -0.15) is 13.9 Å². The van der Waals surface area contributed by atoms with E-state index in [0.29, 0.717) is 17.9 Å². The highest BCUT2D eigenvalue weighted by atomic mass is 19.3. The lowest BCUT2D eigenvalue weighted by Crippen LogP contribution is -2.06. The van der Waals surface area contributed by atoms with E-state index >= 15 is 0 Å². The molecule has 0 aliphatic heterocycles. The monoisotopic (exact) mass is 388 g/mol. The van der Waals surface area contributed by atoms with Gasteiger partial charge in [0.1, 0.15) is 11.6 Å². The average Bonchev–Trinajstić information content (AvgIpc) is 3.35. The van der Waals surface area contributed by atoms with Crippen LogP contribution < -0.4 is 0 Å². The topological polar surface area (TPSA) is 74.6 Å². The van der Waals surface area contributed by atoms with Gasteiger partial charge in [0.2, 0.25) is 5.89 Å². The van der Waals surface area contributed by atoms with Crippen molar-refractivity contribution < 1.29 is 17.6 Å². The zero-order valence-corrected chi connectivity index (χ0v) is 15.0. The summed E-state index contributed by atoms with van der Waals surface area (Å²) in [5.41, 5.74) is 2.49. The zero-order valence-electron chi connectivity index (χ0n) is 15.0. The summed E-state index contributed by atoms with van der Waals surface area (Å²) in [5.74, 6) is -1.06. The van der Waals surface area contributed by atoms with E-state index in [9.17, 15) is 13.2 Å². The maximum atomic E-state index is 14.2. The molecule has 3 heterocycles. The molecule has 0 saturated carbocycles. The molecular formula is C18H15F3N6O. The van der Waals surface area contributed by atoms with Crippen molar-refractivity contribution in [2.45, 2.75) is 19.9 Å². The largest absolute Gasteiger partial charge is 0.415 e. The second kappa shape index (κ2) is 6.95. The Balaban J connectivity index is 1.71. The third kappa shape index (κ3) is 3.40. The SMILES string of the molecule is Cc1cc(Cn2ccnc2-c2cc(F)cc(-c3nnc(C(F)F)o3)c2)n(C)n1. The molecule has 144 valence electrons. The van der Waals surface area contributed by atoms with Crippen LogP contribution in [-0.2, 0) is 13.6 Å². The average molecular weight is 388 g/mol. The molecule has 7 nitrogen and oxygen atoms in total. The molecule has 10 heteroatoms. The smallest absolute Gasteiger partial charge is 0.314 e. The molecule has 0 N–H and O–H groups in total. The van der Waals surface area contributed by atoms with Crippen LogP contribution in [0.25, 0.3) is 22.8 Å². The van der Waals surface area contributed by atoms with Crippen LogP contribution in [0.1, 0.15) is 23.7 Å². The van der Waals surface area contributed by atoms with E-state index in [2.05, 4.69) is 20.3 Å². The van der Waals surface area contributed by atoms with Gasteiger partial charge in [0, 0.05) is 30.6 Å². The van der Waals surface area contributed by atoms with Gasteiger partial charge in [-0.15, -0.1) is 10.2 Å². The maximum absolute atomic E-state index is 14.2. The number of aromatic nitrogens is 6. The molecule has 0 radical (unpaired) electrons. The van der Waals surface area contributed by atoms with Crippen molar-refractivity contribution in [1.82, 2.24) is 29.5 Å². The van der Waals surface area contributed by atoms with Crippen LogP contribution in [0.15, 0.2) is 41.1 Å². The van der Waals surface area contributed by atoms with Gasteiger partial charge < -0.3 is 8.98 Å². The van der Waals surface area contributed by atoms with Crippen molar-refractivity contribution in [2.24, 2.45) is 7.05 Å². The number of hydrogen-bond donors (Lipinski definition) is 0. The van der Waals surface area contributed by atoms with Crippen molar-refractivity contribution in [2.75, 3.05) is 0 Å². The van der Waals surface area contributed by atoms with Crippen LogP contribution in [0.5, 0.6) is 0 Å². The maximum Gasteiger partial charge on any atom is 0.314 e. The predicted octanol–water partition coefficient (Wildman–Crippen LogP) is 3.77. The second-order valence-electron chi connectivity index (χ2n) is 6.25. The summed E-state index contributed by atoms with van der Waals surface area (Å²) in [5, 5.41) is 11.2. The highest BCUT2D eigenvalue weighted by Crippen LogP contribution is 2.28. The standard InChI is InChI=1S/C18H15F3N6O/c1-10-5-14(26(2)25-10)9-27-4-3-22-16(27)11-6-12(8-13(19)7-11)17-23-24-18(28-17)15(20)21/h3-8,15H,9H2,1-2H3. The summed E-state index contributed by atoms with van der Waals surface area (Å²) in [6.07, 6.45) is 0.477. The number of nitrogens with zero attached hydrogens (tertiary/aromatic N) is 6. The molecule has 0 aliphatic carbocycles. The molecule has 0 aliphatic rings. The summed E-state index contributed by atoms with van der Waals surface area (Å²) in [6.45, 7) is 2.38. The molecule has 0 atom stereocenters. The van der Waals surface area contributed by atoms with E-state index in [4.69, 9.17) is 4.42 Å². The molecule has 0 spiro atoms. The van der Waals surface area contributed by atoms with E-state index < -0.39 is 18.1 Å². The van der Waals surface area contributed by atoms with Gasteiger partial charge in [-0.05, 0) is 31.2 Å². The van der Waals surface area contributed by atoms with E-state index in [1.54, 1.807) is 23.1 Å². The Morgan fingerprint density at radius 1 is 1.11 bits per heavy atom. The number of rotatable bonds is 5. The number of imidazole rings is 1. The fraction of sp³-hybridized carbons (Fsp3) is 0.222. The van der Waals surface area contributed by atoms with E-state index in [1.807, 2.05) is 24.6 Å². The van der Waals surface area contributed by atoms with Crippen LogP contribution in [0, 0.1) is 12.7 Å². The van der Waals surface area contributed by atoms with Crippen molar-refractivity contribution in [3.63, 3.8) is 0 Å². The van der Waals surface area contributed by atoms with Gasteiger partial charge in [0.15, 0.2) is 0 Å². The molecule has 4 rings (SSSR count). The molecule has 0 unspecified atom stereocenters. The third-order valence-corrected chi connectivity index (χ3v) is 4.18. The molecule has 0 fully saturated rings. The normalized spacial score (nSPS) is 11.5. The lowest BCUT2D eigenvalue weighted by Gasteiger charge is -2.09. The lowest BCUT2D eigenvalue weighted by molar-refractivity contribution is 0.116. The summed E-state index contributed by atoms with van der Waals surface area (Å²) in [4.78, 5) is 4.31. The predicted molar refractivity (Wildman–Crippen MR) is 92.9 cm³/mol. The Morgan fingerprint density at radius 2 is 1.89 bits per heavy atom. The molecule has 0 saturated heterocycles. The van der Waals surface area contributed by atoms with Crippen molar-refractivity contribution >= 4 is 0 Å². The first-order chi connectivity index (χ1) is 13.4. The number of hydrogen-bond acceptors (Lipinski definition) is 5. The summed E-state index contributed by atoms with van der Waals surface area (Å²) in [7, 11) is 1.84. The molecular weight excluding hydrogens is 373 g/mol. The number of aryl methyl sites for hydroxylation is 2. The minimum absolute atomic E-state index is 0.184. The van der Waals surface area contributed by atoms with E-state index in [0.717, 1.165) is 17.5 Å². The van der Waals surface area contributed by atoms with Crippen molar-refractivity contribution in [1.29, 1.82) is 0 Å². The molecule has 28 heavy (non-hydrogen) atoms. The highest BCUT2D eigenvalue weighted by molar-refractivity contribution is 5.65. The second-order valence-corrected chi connectivity index (χ2v) is 6.25. The zero-order chi connectivity index (χ0) is 19.8. The number of halogens is 3. The van der Waals surface area contributed by atoms with Gasteiger partial charge in [0.25, 0.3) is 5.89 Å². The fourth-order valence-electron chi connectivity index (χ4n) is 2.97. The number of benzene rings is 1. The Kier molecular flexibility index (Phi) is 4.46. The van der Waals surface area contributed by atoms with E-state index in [1.165, 1.54) is 6.07 Å². The van der Waals surface area contributed by atoms with Crippen molar-refractivity contribution in [3.05, 3.63) is 59.8 Å². The Labute approximate surface area is 157 Å². The molecule has 4 aromatic rings. The highest BCUT2D eigenvalue weighted by Gasteiger charge is 2.19. The van der Waals surface area contributed by atoms with Crippen LogP contribution in [-0.4, -0.2) is 29.5 Å². The first-order valence-electron chi connectivity index (χ1n) is 8.34. The van der Waals surface area contributed by atoms with Crippen LogP contribution in [0.2, 0.25) is 0 Å². The van der Waals surface area contributed by atoms with E-state index in [-0.39, 0.29) is 11.5 Å². The minimum Gasteiger partial charge on any atom is -0.415 e. The van der Waals surface area contributed by atoms with Crippen LogP contribution in [0.3, 0.4) is 0 Å². The Morgan fingerprint density at radius 3 is 2.57 bits per heavy atom. The fourth-order valence-corrected chi connectivity index (χ4v) is 2.97. The summed E-state index contributed by atoms with van der Waals surface area (Å²) >= 11 is 0. The number of alkyl halides is 2. The minimum atomic E-state index is -2.89. The lowest BCUT2D eigenvalue weighted by atomic mass is 10.1. The van der Waals surface area contributed by atoms with Crippen LogP contribution in [0.4, 0.5) is 13.2 Å². The van der Waals surface area contributed by atoms with Gasteiger partial charge in [0.05, 0.1) is 17.9 Å².